The van der Waals surface area contributed by atoms with Crippen LogP contribution in [0, 0.1) is 10.1 Å². The Morgan fingerprint density at radius 2 is 2.25 bits per heavy atom. The van der Waals surface area contributed by atoms with Crippen molar-refractivity contribution >= 4 is 23.3 Å². The summed E-state index contributed by atoms with van der Waals surface area (Å²) in [7, 11) is 0. The fraction of sp³-hybridized carbons (Fsp3) is 0.167. The number of rotatable bonds is 4. The Morgan fingerprint density at radius 3 is 2.80 bits per heavy atom. The van der Waals surface area contributed by atoms with Gasteiger partial charge in [-0.05, 0) is 0 Å². The monoisotopic (exact) mass is 295 g/mol. The van der Waals surface area contributed by atoms with Gasteiger partial charge in [0.15, 0.2) is 0 Å². The van der Waals surface area contributed by atoms with Crippen LogP contribution in [0.25, 0.3) is 5.69 Å². The van der Waals surface area contributed by atoms with Gasteiger partial charge in [0.25, 0.3) is 5.69 Å². The highest BCUT2D eigenvalue weighted by molar-refractivity contribution is 6.33. The topological polar surface area (TPSA) is 98.3 Å². The second-order valence-corrected chi connectivity index (χ2v) is 4.36. The van der Waals surface area contributed by atoms with Gasteiger partial charge in [-0.2, -0.15) is 0 Å². The number of carboxylic acids is 1. The lowest BCUT2D eigenvalue weighted by atomic mass is 10.1. The zero-order valence-corrected chi connectivity index (χ0v) is 11.2. The normalized spacial score (nSPS) is 10.5. The smallest absolute Gasteiger partial charge is 0.338 e. The molecule has 0 amide bonds. The molecule has 0 fully saturated rings. The molecule has 1 N–H and O–H groups in total. The van der Waals surface area contributed by atoms with Gasteiger partial charge in [0.2, 0.25) is 0 Å². The molecule has 0 aliphatic heterocycles. The number of aryl methyl sites for hydroxylation is 1. The molecule has 0 bridgehead atoms. The number of non-ortho nitro benzene ring substituents is 1. The molecule has 20 heavy (non-hydrogen) atoms. The van der Waals surface area contributed by atoms with Crippen molar-refractivity contribution in [2.24, 2.45) is 0 Å². The number of benzene rings is 1. The number of carboxylic acid groups (broad SMARTS) is 1. The quantitative estimate of drug-likeness (QED) is 0.690. The van der Waals surface area contributed by atoms with E-state index in [1.54, 1.807) is 6.20 Å². The van der Waals surface area contributed by atoms with Crippen molar-refractivity contribution in [2.45, 2.75) is 13.3 Å². The van der Waals surface area contributed by atoms with Gasteiger partial charge in [-0.3, -0.25) is 10.1 Å². The van der Waals surface area contributed by atoms with Crippen molar-refractivity contribution in [3.63, 3.8) is 0 Å². The van der Waals surface area contributed by atoms with Gasteiger partial charge in [-0.1, -0.05) is 18.5 Å². The minimum absolute atomic E-state index is 0.00991. The van der Waals surface area contributed by atoms with Crippen molar-refractivity contribution in [2.75, 3.05) is 0 Å². The van der Waals surface area contributed by atoms with Gasteiger partial charge in [0.1, 0.15) is 5.82 Å². The van der Waals surface area contributed by atoms with Crippen molar-refractivity contribution in [3.05, 3.63) is 51.1 Å². The number of carbonyl (C=O) groups is 1. The van der Waals surface area contributed by atoms with E-state index < -0.39 is 10.9 Å². The van der Waals surface area contributed by atoms with Crippen LogP contribution in [0.4, 0.5) is 5.69 Å². The van der Waals surface area contributed by atoms with E-state index in [-0.39, 0.29) is 22.0 Å². The van der Waals surface area contributed by atoms with Crippen LogP contribution in [0.1, 0.15) is 23.1 Å². The standard InChI is InChI=1S/C12H10ClN3O4/c1-2-10-14-3-4-15(10)11-8(12(17)18)5-7(16(19)20)6-9(11)13/h3-6H,2H2,1H3,(H,17,18). The summed E-state index contributed by atoms with van der Waals surface area (Å²) in [4.78, 5) is 25.5. The average Bonchev–Trinajstić information content (AvgIpc) is 2.85. The largest absolute Gasteiger partial charge is 0.478 e. The number of halogens is 1. The number of hydrogen-bond donors (Lipinski definition) is 1. The molecule has 8 heteroatoms. The van der Waals surface area contributed by atoms with E-state index in [0.29, 0.717) is 12.2 Å². The van der Waals surface area contributed by atoms with Crippen LogP contribution >= 0.6 is 11.6 Å². The van der Waals surface area contributed by atoms with Gasteiger partial charge in [-0.15, -0.1) is 0 Å². The van der Waals surface area contributed by atoms with Gasteiger partial charge in [0, 0.05) is 30.9 Å². The zero-order valence-electron chi connectivity index (χ0n) is 10.4. The van der Waals surface area contributed by atoms with Crippen LogP contribution in [-0.2, 0) is 6.42 Å². The molecule has 0 saturated heterocycles. The minimum atomic E-state index is -1.29. The highest BCUT2D eigenvalue weighted by atomic mass is 35.5. The van der Waals surface area contributed by atoms with E-state index in [9.17, 15) is 20.0 Å². The van der Waals surface area contributed by atoms with Crippen LogP contribution in [0.5, 0.6) is 0 Å². The van der Waals surface area contributed by atoms with E-state index in [0.717, 1.165) is 12.1 Å². The molecule has 1 heterocycles. The average molecular weight is 296 g/mol. The molecule has 2 rings (SSSR count). The SMILES string of the molecule is CCc1nccn1-c1c(Cl)cc([N+](=O)[O-])cc1C(=O)O. The Morgan fingerprint density at radius 1 is 1.55 bits per heavy atom. The Hall–Kier alpha value is -2.41. The highest BCUT2D eigenvalue weighted by Gasteiger charge is 2.22. The molecule has 0 spiro atoms. The van der Waals surface area contributed by atoms with Crippen LogP contribution in [0.15, 0.2) is 24.5 Å². The Labute approximate surface area is 118 Å². The lowest BCUT2D eigenvalue weighted by molar-refractivity contribution is -0.384. The summed E-state index contributed by atoms with van der Waals surface area (Å²) in [5.74, 6) is -0.676. The predicted molar refractivity (Wildman–Crippen MR) is 71.6 cm³/mol. The first-order valence-corrected chi connectivity index (χ1v) is 6.07. The van der Waals surface area contributed by atoms with Crippen LogP contribution < -0.4 is 0 Å². The van der Waals surface area contributed by atoms with Crippen LogP contribution in [-0.4, -0.2) is 25.6 Å². The number of nitro benzene ring substituents is 1. The lowest BCUT2D eigenvalue weighted by Gasteiger charge is -2.12. The van der Waals surface area contributed by atoms with Gasteiger partial charge >= 0.3 is 5.97 Å². The molecule has 7 nitrogen and oxygen atoms in total. The number of imidazole rings is 1. The summed E-state index contributed by atoms with van der Waals surface area (Å²) in [5, 5.41) is 20.0. The Kier molecular flexibility index (Phi) is 3.71. The van der Waals surface area contributed by atoms with E-state index >= 15 is 0 Å². The summed E-state index contributed by atoms with van der Waals surface area (Å²) < 4.78 is 1.52. The van der Waals surface area contributed by atoms with Crippen LogP contribution in [0.3, 0.4) is 0 Å². The summed E-state index contributed by atoms with van der Waals surface area (Å²) in [6, 6.07) is 2.12. The first-order valence-electron chi connectivity index (χ1n) is 5.69. The maximum Gasteiger partial charge on any atom is 0.338 e. The zero-order chi connectivity index (χ0) is 14.9. The summed E-state index contributed by atoms with van der Waals surface area (Å²) in [5.41, 5.74) is -0.426. The number of hydrogen-bond acceptors (Lipinski definition) is 4. The predicted octanol–water partition coefficient (Wildman–Crippen LogP) is 2.69. The molecule has 0 aliphatic carbocycles. The third-order valence-electron chi connectivity index (χ3n) is 2.76. The number of aromatic nitrogens is 2. The third-order valence-corrected chi connectivity index (χ3v) is 3.05. The van der Waals surface area contributed by atoms with Crippen molar-refractivity contribution in [3.8, 4) is 5.69 Å². The number of aromatic carboxylic acids is 1. The van der Waals surface area contributed by atoms with Gasteiger partial charge < -0.3 is 9.67 Å². The number of nitro groups is 1. The molecule has 0 unspecified atom stereocenters. The van der Waals surface area contributed by atoms with Gasteiger partial charge in [-0.25, -0.2) is 9.78 Å². The third kappa shape index (κ3) is 2.35. The highest BCUT2D eigenvalue weighted by Crippen LogP contribution is 2.30. The molecule has 1 aromatic heterocycles. The molecule has 0 aliphatic rings. The van der Waals surface area contributed by atoms with E-state index in [1.807, 2.05) is 6.92 Å². The molecule has 2 aromatic rings. The molecule has 1 aromatic carbocycles. The fourth-order valence-electron chi connectivity index (χ4n) is 1.90. The Bertz CT molecular complexity index is 696. The van der Waals surface area contributed by atoms with Crippen molar-refractivity contribution < 1.29 is 14.8 Å². The maximum absolute atomic E-state index is 11.3. The van der Waals surface area contributed by atoms with E-state index in [2.05, 4.69) is 4.98 Å². The summed E-state index contributed by atoms with van der Waals surface area (Å²) in [6.45, 7) is 1.86. The second-order valence-electron chi connectivity index (χ2n) is 3.95. The lowest BCUT2D eigenvalue weighted by Crippen LogP contribution is -2.09. The first kappa shape index (κ1) is 14.0. The van der Waals surface area contributed by atoms with E-state index in [4.69, 9.17) is 11.6 Å². The maximum atomic E-state index is 11.3. The molecule has 0 atom stereocenters. The van der Waals surface area contributed by atoms with Crippen molar-refractivity contribution in [1.29, 1.82) is 0 Å². The molecular weight excluding hydrogens is 286 g/mol. The van der Waals surface area contributed by atoms with Gasteiger partial charge in [0.05, 0.1) is 21.2 Å². The summed E-state index contributed by atoms with van der Waals surface area (Å²) >= 11 is 6.03. The van der Waals surface area contributed by atoms with E-state index in [1.165, 1.54) is 10.8 Å². The fourth-order valence-corrected chi connectivity index (χ4v) is 2.20. The number of nitrogens with zero attached hydrogens (tertiary/aromatic N) is 3. The molecule has 104 valence electrons. The molecule has 0 saturated carbocycles. The Balaban J connectivity index is 2.75. The minimum Gasteiger partial charge on any atom is -0.478 e. The first-order chi connectivity index (χ1) is 9.45. The molecule has 0 radical (unpaired) electrons. The summed E-state index contributed by atoms with van der Waals surface area (Å²) in [6.07, 6.45) is 3.65. The molecular formula is C12H10ClN3O4. The van der Waals surface area contributed by atoms with Crippen molar-refractivity contribution in [1.82, 2.24) is 9.55 Å². The van der Waals surface area contributed by atoms with Crippen LogP contribution in [0.2, 0.25) is 5.02 Å². The second kappa shape index (κ2) is 5.30.